The molecule has 104 valence electrons. The maximum Gasteiger partial charge on any atom is 0.328 e. The van der Waals surface area contributed by atoms with Gasteiger partial charge >= 0.3 is 5.97 Å². The number of pyridine rings is 1. The van der Waals surface area contributed by atoms with Crippen molar-refractivity contribution >= 4 is 11.9 Å². The van der Waals surface area contributed by atoms with Crippen molar-refractivity contribution in [3.63, 3.8) is 0 Å². The van der Waals surface area contributed by atoms with E-state index in [1.807, 2.05) is 6.92 Å². The predicted molar refractivity (Wildman–Crippen MR) is 69.0 cm³/mol. The van der Waals surface area contributed by atoms with Gasteiger partial charge in [0.2, 0.25) is 0 Å². The zero-order valence-electron chi connectivity index (χ0n) is 11.0. The second-order valence-corrected chi connectivity index (χ2v) is 3.89. The molecule has 2 N–H and O–H groups in total. The van der Waals surface area contributed by atoms with E-state index in [2.05, 4.69) is 10.3 Å². The number of nitrogens with one attached hydrogen (secondary N) is 1. The van der Waals surface area contributed by atoms with Crippen LogP contribution in [0.15, 0.2) is 18.3 Å². The lowest BCUT2D eigenvalue weighted by molar-refractivity contribution is -0.140. The van der Waals surface area contributed by atoms with Crippen LogP contribution in [0.25, 0.3) is 0 Å². The second kappa shape index (κ2) is 7.48. The fourth-order valence-corrected chi connectivity index (χ4v) is 1.57. The van der Waals surface area contributed by atoms with Crippen LogP contribution in [-0.4, -0.2) is 41.2 Å². The van der Waals surface area contributed by atoms with Crippen LogP contribution >= 0.6 is 0 Å². The molecule has 1 atom stereocenters. The number of carboxylic acid groups (broad SMARTS) is 1. The van der Waals surface area contributed by atoms with E-state index in [4.69, 9.17) is 9.84 Å². The van der Waals surface area contributed by atoms with Gasteiger partial charge in [-0.25, -0.2) is 4.79 Å². The van der Waals surface area contributed by atoms with Gasteiger partial charge in [-0.3, -0.25) is 9.78 Å². The number of amides is 1. The lowest BCUT2D eigenvalue weighted by Gasteiger charge is -2.15. The van der Waals surface area contributed by atoms with Gasteiger partial charge in [0.15, 0.2) is 6.04 Å². The van der Waals surface area contributed by atoms with Crippen molar-refractivity contribution in [1.82, 2.24) is 10.3 Å². The number of carbonyl (C=O) groups excluding carboxylic acids is 1. The standard InChI is InChI=1S/C13H18N2O4/c1-3-9-6-5-7-14-11(9)12(16)15-10(13(17)18)8-19-4-2/h5-7,10H,3-4,8H2,1-2H3,(H,15,16)(H,17,18)/t10-/m0/s1. The van der Waals surface area contributed by atoms with Crippen LogP contribution in [0.5, 0.6) is 0 Å². The number of aliphatic carboxylic acids is 1. The molecule has 19 heavy (non-hydrogen) atoms. The molecule has 6 heteroatoms. The zero-order chi connectivity index (χ0) is 14.3. The fraction of sp³-hybridized carbons (Fsp3) is 0.462. The van der Waals surface area contributed by atoms with Crippen molar-refractivity contribution in [2.75, 3.05) is 13.2 Å². The van der Waals surface area contributed by atoms with Gasteiger partial charge in [0, 0.05) is 12.8 Å². The van der Waals surface area contributed by atoms with Gasteiger partial charge in [-0.15, -0.1) is 0 Å². The first-order valence-electron chi connectivity index (χ1n) is 6.15. The fourth-order valence-electron chi connectivity index (χ4n) is 1.57. The highest BCUT2D eigenvalue weighted by atomic mass is 16.5. The SMILES string of the molecule is CCOC[C@H](NC(=O)c1ncccc1CC)C(=O)O. The zero-order valence-corrected chi connectivity index (χ0v) is 11.0. The summed E-state index contributed by atoms with van der Waals surface area (Å²) in [6, 6.07) is 2.46. The Labute approximate surface area is 111 Å². The summed E-state index contributed by atoms with van der Waals surface area (Å²) in [4.78, 5) is 27.0. The van der Waals surface area contributed by atoms with E-state index >= 15 is 0 Å². The molecule has 0 radical (unpaired) electrons. The average Bonchev–Trinajstić information content (AvgIpc) is 2.42. The molecule has 1 aromatic heterocycles. The number of ether oxygens (including phenoxy) is 1. The molecular formula is C13H18N2O4. The molecule has 0 saturated carbocycles. The number of aryl methyl sites for hydroxylation is 1. The molecule has 1 aromatic rings. The van der Waals surface area contributed by atoms with E-state index in [9.17, 15) is 9.59 Å². The molecule has 0 aliphatic rings. The lowest BCUT2D eigenvalue weighted by atomic mass is 10.1. The molecule has 1 heterocycles. The summed E-state index contributed by atoms with van der Waals surface area (Å²) in [5.41, 5.74) is 1.04. The number of hydrogen-bond donors (Lipinski definition) is 2. The number of carbonyl (C=O) groups is 2. The molecule has 0 aromatic carbocycles. The van der Waals surface area contributed by atoms with Crippen LogP contribution in [0, 0.1) is 0 Å². The largest absolute Gasteiger partial charge is 0.480 e. The quantitative estimate of drug-likeness (QED) is 0.764. The molecule has 0 saturated heterocycles. The van der Waals surface area contributed by atoms with E-state index < -0.39 is 17.9 Å². The maximum atomic E-state index is 12.0. The van der Waals surface area contributed by atoms with E-state index in [1.165, 1.54) is 6.20 Å². The Morgan fingerprint density at radius 2 is 2.21 bits per heavy atom. The molecule has 0 aliphatic carbocycles. The Morgan fingerprint density at radius 1 is 1.47 bits per heavy atom. The summed E-state index contributed by atoms with van der Waals surface area (Å²) in [6.45, 7) is 3.99. The van der Waals surface area contributed by atoms with Gasteiger partial charge in [-0.1, -0.05) is 13.0 Å². The van der Waals surface area contributed by atoms with Crippen LogP contribution in [0.2, 0.25) is 0 Å². The third-order valence-corrected chi connectivity index (χ3v) is 2.58. The van der Waals surface area contributed by atoms with E-state index in [-0.39, 0.29) is 12.3 Å². The highest BCUT2D eigenvalue weighted by molar-refractivity contribution is 5.96. The summed E-state index contributed by atoms with van der Waals surface area (Å²) in [7, 11) is 0. The van der Waals surface area contributed by atoms with Crippen molar-refractivity contribution in [3.8, 4) is 0 Å². The first-order chi connectivity index (χ1) is 9.10. The van der Waals surface area contributed by atoms with Crippen molar-refractivity contribution in [1.29, 1.82) is 0 Å². The van der Waals surface area contributed by atoms with Gasteiger partial charge in [-0.05, 0) is 25.0 Å². The normalized spacial score (nSPS) is 11.9. The van der Waals surface area contributed by atoms with Crippen LogP contribution in [0.4, 0.5) is 0 Å². The van der Waals surface area contributed by atoms with Crippen molar-refractivity contribution in [2.45, 2.75) is 26.3 Å². The minimum atomic E-state index is -1.13. The van der Waals surface area contributed by atoms with Gasteiger partial charge in [-0.2, -0.15) is 0 Å². The molecule has 0 bridgehead atoms. The van der Waals surface area contributed by atoms with Crippen molar-refractivity contribution < 1.29 is 19.4 Å². The first kappa shape index (κ1) is 15.1. The monoisotopic (exact) mass is 266 g/mol. The molecule has 6 nitrogen and oxygen atoms in total. The number of hydrogen-bond acceptors (Lipinski definition) is 4. The minimum absolute atomic E-state index is 0.0636. The van der Waals surface area contributed by atoms with Gasteiger partial charge in [0.25, 0.3) is 5.91 Å². The lowest BCUT2D eigenvalue weighted by Crippen LogP contribution is -2.44. The topological polar surface area (TPSA) is 88.5 Å². The van der Waals surface area contributed by atoms with Crippen LogP contribution in [-0.2, 0) is 16.0 Å². The Hall–Kier alpha value is -1.95. The average molecular weight is 266 g/mol. The Bertz CT molecular complexity index is 448. The summed E-state index contributed by atoms with van der Waals surface area (Å²) >= 11 is 0. The molecular weight excluding hydrogens is 248 g/mol. The van der Waals surface area contributed by atoms with E-state index in [0.717, 1.165) is 5.56 Å². The Balaban J connectivity index is 2.78. The first-order valence-corrected chi connectivity index (χ1v) is 6.15. The third kappa shape index (κ3) is 4.33. The molecule has 0 spiro atoms. The highest BCUT2D eigenvalue weighted by Gasteiger charge is 2.22. The predicted octanol–water partition coefficient (Wildman–Crippen LogP) is 0.863. The van der Waals surface area contributed by atoms with Crippen LogP contribution < -0.4 is 5.32 Å². The summed E-state index contributed by atoms with van der Waals surface area (Å²) in [6.07, 6.45) is 2.16. The van der Waals surface area contributed by atoms with Crippen molar-refractivity contribution in [3.05, 3.63) is 29.6 Å². The summed E-state index contributed by atoms with van der Waals surface area (Å²) in [5, 5.41) is 11.4. The van der Waals surface area contributed by atoms with Gasteiger partial charge in [0.1, 0.15) is 5.69 Å². The van der Waals surface area contributed by atoms with E-state index in [1.54, 1.807) is 19.1 Å². The molecule has 0 unspecified atom stereocenters. The highest BCUT2D eigenvalue weighted by Crippen LogP contribution is 2.06. The molecule has 1 amide bonds. The van der Waals surface area contributed by atoms with Crippen LogP contribution in [0.1, 0.15) is 29.9 Å². The van der Waals surface area contributed by atoms with Gasteiger partial charge in [0.05, 0.1) is 6.61 Å². The minimum Gasteiger partial charge on any atom is -0.480 e. The number of carboxylic acids is 1. The van der Waals surface area contributed by atoms with Crippen LogP contribution in [0.3, 0.4) is 0 Å². The smallest absolute Gasteiger partial charge is 0.328 e. The third-order valence-electron chi connectivity index (χ3n) is 2.58. The number of nitrogens with zero attached hydrogens (tertiary/aromatic N) is 1. The summed E-state index contributed by atoms with van der Waals surface area (Å²) in [5.74, 6) is -1.62. The number of aromatic nitrogens is 1. The maximum absolute atomic E-state index is 12.0. The van der Waals surface area contributed by atoms with Gasteiger partial charge < -0.3 is 15.2 Å². The Kier molecular flexibility index (Phi) is 5.95. The Morgan fingerprint density at radius 3 is 2.79 bits per heavy atom. The molecule has 0 fully saturated rings. The number of rotatable bonds is 7. The summed E-state index contributed by atoms with van der Waals surface area (Å²) < 4.78 is 5.03. The molecule has 0 aliphatic heterocycles. The van der Waals surface area contributed by atoms with Crippen molar-refractivity contribution in [2.24, 2.45) is 0 Å². The second-order valence-electron chi connectivity index (χ2n) is 3.89. The molecule has 1 rings (SSSR count). The van der Waals surface area contributed by atoms with E-state index in [0.29, 0.717) is 13.0 Å².